The molecule has 1 aromatic heterocycles. The highest BCUT2D eigenvalue weighted by molar-refractivity contribution is 6.54. The normalized spacial score (nSPS) is 10.4. The molecule has 1 aromatic rings. The molecule has 1 N–H and O–H groups in total. The van der Waals surface area contributed by atoms with Gasteiger partial charge in [-0.15, -0.1) is 0 Å². The van der Waals surface area contributed by atoms with Crippen LogP contribution in [0, 0.1) is 4.84 Å². The maximum Gasteiger partial charge on any atom is 0.214 e. The SMILES string of the molecule is Cl[C](Cl)c1ncc[nH]1. The van der Waals surface area contributed by atoms with E-state index in [0.29, 0.717) is 5.82 Å². The van der Waals surface area contributed by atoms with Crippen LogP contribution in [0.5, 0.6) is 0 Å². The molecule has 0 bridgehead atoms. The Morgan fingerprint density at radius 1 is 1.62 bits per heavy atom. The molecule has 0 spiro atoms. The number of hydrogen-bond donors (Lipinski definition) is 1. The van der Waals surface area contributed by atoms with Crippen molar-refractivity contribution in [3.8, 4) is 0 Å². The second-order valence-electron chi connectivity index (χ2n) is 1.20. The summed E-state index contributed by atoms with van der Waals surface area (Å²) in [6.45, 7) is 0. The zero-order valence-electron chi connectivity index (χ0n) is 3.86. The lowest BCUT2D eigenvalue weighted by Crippen LogP contribution is -1.82. The maximum absolute atomic E-state index is 5.33. The third-order valence-electron chi connectivity index (χ3n) is 0.677. The predicted molar refractivity (Wildman–Crippen MR) is 32.6 cm³/mol. The fraction of sp³-hybridized carbons (Fsp3) is 0. The van der Waals surface area contributed by atoms with Crippen LogP contribution >= 0.6 is 23.2 Å². The van der Waals surface area contributed by atoms with Crippen LogP contribution in [0.4, 0.5) is 0 Å². The summed E-state index contributed by atoms with van der Waals surface area (Å²) in [5.41, 5.74) is 0. The monoisotopic (exact) mass is 149 g/mol. The van der Waals surface area contributed by atoms with Gasteiger partial charge < -0.3 is 4.98 Å². The molecule has 1 rings (SSSR count). The van der Waals surface area contributed by atoms with Crippen LogP contribution in [0.15, 0.2) is 12.4 Å². The van der Waals surface area contributed by atoms with Crippen molar-refractivity contribution in [1.29, 1.82) is 0 Å². The molecule has 0 saturated heterocycles. The van der Waals surface area contributed by atoms with Gasteiger partial charge in [0, 0.05) is 12.4 Å². The number of rotatable bonds is 1. The average Bonchev–Trinajstić information content (AvgIpc) is 2.12. The minimum Gasteiger partial charge on any atom is -0.346 e. The lowest BCUT2D eigenvalue weighted by atomic mass is 10.7. The fourth-order valence-electron chi connectivity index (χ4n) is 0.369. The molecule has 0 aliphatic heterocycles. The van der Waals surface area contributed by atoms with Crippen molar-refractivity contribution in [2.75, 3.05) is 0 Å². The molecule has 0 unspecified atom stereocenters. The van der Waals surface area contributed by atoms with Crippen molar-refractivity contribution in [2.45, 2.75) is 0 Å². The first kappa shape index (κ1) is 5.92. The van der Waals surface area contributed by atoms with Crippen LogP contribution in [-0.4, -0.2) is 9.97 Å². The van der Waals surface area contributed by atoms with E-state index in [9.17, 15) is 0 Å². The summed E-state index contributed by atoms with van der Waals surface area (Å²) in [6.07, 6.45) is 3.24. The average molecular weight is 150 g/mol. The molecule has 4 heteroatoms. The maximum atomic E-state index is 5.33. The van der Waals surface area contributed by atoms with Crippen LogP contribution < -0.4 is 0 Å². The summed E-state index contributed by atoms with van der Waals surface area (Å²) in [5.74, 6) is 0.508. The Balaban J connectivity index is 2.77. The molecule has 0 aliphatic carbocycles. The first-order valence-electron chi connectivity index (χ1n) is 1.98. The minimum absolute atomic E-state index is 0.162. The zero-order chi connectivity index (χ0) is 5.98. The summed E-state index contributed by atoms with van der Waals surface area (Å²) in [4.78, 5) is 6.65. The summed E-state index contributed by atoms with van der Waals surface area (Å²) < 4.78 is 0. The van der Waals surface area contributed by atoms with Crippen molar-refractivity contribution >= 4 is 23.2 Å². The number of nitrogens with zero attached hydrogens (tertiary/aromatic N) is 1. The Labute approximate surface area is 56.8 Å². The molecule has 43 valence electrons. The molecule has 0 aromatic carbocycles. The summed E-state index contributed by atoms with van der Waals surface area (Å²) in [7, 11) is 0. The molecule has 0 aliphatic rings. The third kappa shape index (κ3) is 1.14. The smallest absolute Gasteiger partial charge is 0.214 e. The Morgan fingerprint density at radius 2 is 2.38 bits per heavy atom. The van der Waals surface area contributed by atoms with E-state index in [1.807, 2.05) is 0 Å². The summed E-state index contributed by atoms with van der Waals surface area (Å²) in [5, 5.41) is 0. The second-order valence-corrected chi connectivity index (χ2v) is 2.15. The van der Waals surface area contributed by atoms with Crippen LogP contribution in [0.25, 0.3) is 0 Å². The quantitative estimate of drug-likeness (QED) is 0.648. The number of hydrogen-bond acceptors (Lipinski definition) is 1. The van der Waals surface area contributed by atoms with E-state index in [1.165, 1.54) is 0 Å². The van der Waals surface area contributed by atoms with Crippen LogP contribution in [0.1, 0.15) is 5.82 Å². The van der Waals surface area contributed by atoms with Gasteiger partial charge in [0.25, 0.3) is 0 Å². The highest BCUT2D eigenvalue weighted by Crippen LogP contribution is 2.18. The highest BCUT2D eigenvalue weighted by Gasteiger charge is 2.04. The molecular weight excluding hydrogens is 147 g/mol. The minimum atomic E-state index is 0.162. The molecule has 0 amide bonds. The lowest BCUT2D eigenvalue weighted by Gasteiger charge is -1.88. The van der Waals surface area contributed by atoms with Gasteiger partial charge in [0.15, 0.2) is 0 Å². The van der Waals surface area contributed by atoms with Gasteiger partial charge in [0.2, 0.25) is 4.84 Å². The number of nitrogens with one attached hydrogen (secondary N) is 1. The highest BCUT2D eigenvalue weighted by atomic mass is 35.5. The van der Waals surface area contributed by atoms with Gasteiger partial charge in [-0.1, -0.05) is 23.2 Å². The van der Waals surface area contributed by atoms with E-state index >= 15 is 0 Å². The third-order valence-corrected chi connectivity index (χ3v) is 1.04. The molecule has 2 nitrogen and oxygen atoms in total. The molecule has 0 atom stereocenters. The first-order valence-corrected chi connectivity index (χ1v) is 2.74. The topological polar surface area (TPSA) is 28.7 Å². The van der Waals surface area contributed by atoms with Gasteiger partial charge >= 0.3 is 0 Å². The number of halogens is 2. The standard InChI is InChI=1S/C4H3Cl2N2/c5-3(6)4-7-1-2-8-4/h1-2H,(H,7,8). The van der Waals surface area contributed by atoms with Gasteiger partial charge in [0.05, 0.1) is 0 Å². The van der Waals surface area contributed by atoms with Crippen LogP contribution in [0.3, 0.4) is 0 Å². The van der Waals surface area contributed by atoms with Gasteiger partial charge in [-0.2, -0.15) is 0 Å². The van der Waals surface area contributed by atoms with Crippen molar-refractivity contribution in [2.24, 2.45) is 0 Å². The molecular formula is C4H3Cl2N2. The first-order chi connectivity index (χ1) is 3.80. The van der Waals surface area contributed by atoms with Gasteiger partial charge in [-0.05, 0) is 0 Å². The van der Waals surface area contributed by atoms with E-state index in [1.54, 1.807) is 12.4 Å². The summed E-state index contributed by atoms with van der Waals surface area (Å²) >= 11 is 10.7. The van der Waals surface area contributed by atoms with E-state index in [0.717, 1.165) is 0 Å². The van der Waals surface area contributed by atoms with Crippen molar-refractivity contribution in [3.05, 3.63) is 23.1 Å². The molecule has 0 saturated carbocycles. The molecule has 1 heterocycles. The molecule has 0 fully saturated rings. The van der Waals surface area contributed by atoms with Gasteiger partial charge in [-0.3, -0.25) is 0 Å². The summed E-state index contributed by atoms with van der Waals surface area (Å²) in [6, 6.07) is 0. The number of aromatic nitrogens is 2. The fourth-order valence-corrected chi connectivity index (χ4v) is 0.575. The number of aromatic amines is 1. The van der Waals surface area contributed by atoms with Gasteiger partial charge in [-0.25, -0.2) is 4.98 Å². The van der Waals surface area contributed by atoms with Crippen LogP contribution in [0.2, 0.25) is 0 Å². The molecule has 8 heavy (non-hydrogen) atoms. The largest absolute Gasteiger partial charge is 0.346 e. The number of imidazole rings is 1. The van der Waals surface area contributed by atoms with Crippen molar-refractivity contribution in [1.82, 2.24) is 9.97 Å². The van der Waals surface area contributed by atoms with E-state index in [2.05, 4.69) is 9.97 Å². The predicted octanol–water partition coefficient (Wildman–Crippen LogP) is 1.72. The lowest BCUT2D eigenvalue weighted by molar-refractivity contribution is 1.19. The van der Waals surface area contributed by atoms with E-state index < -0.39 is 0 Å². The Morgan fingerprint density at radius 3 is 2.62 bits per heavy atom. The molecule has 1 radical (unpaired) electrons. The zero-order valence-corrected chi connectivity index (χ0v) is 5.37. The van der Waals surface area contributed by atoms with Crippen LogP contribution in [-0.2, 0) is 0 Å². The van der Waals surface area contributed by atoms with Gasteiger partial charge in [0.1, 0.15) is 5.82 Å². The number of H-pyrrole nitrogens is 1. The second kappa shape index (κ2) is 2.37. The Hall–Kier alpha value is -0.210. The van der Waals surface area contributed by atoms with Crippen molar-refractivity contribution in [3.63, 3.8) is 0 Å². The van der Waals surface area contributed by atoms with Crippen molar-refractivity contribution < 1.29 is 0 Å². The van der Waals surface area contributed by atoms with E-state index in [4.69, 9.17) is 23.2 Å². The Bertz CT molecular complexity index is 147. The van der Waals surface area contributed by atoms with E-state index in [-0.39, 0.29) is 4.84 Å². The Kier molecular flexibility index (Phi) is 1.76.